The van der Waals surface area contributed by atoms with Crippen molar-refractivity contribution in [2.75, 3.05) is 26.2 Å². The van der Waals surface area contributed by atoms with Crippen LogP contribution in [0.1, 0.15) is 22.7 Å². The molecule has 0 unspecified atom stereocenters. The van der Waals surface area contributed by atoms with Gasteiger partial charge in [-0.15, -0.1) is 0 Å². The van der Waals surface area contributed by atoms with Crippen molar-refractivity contribution in [2.45, 2.75) is 12.6 Å². The molecular weight excluding hydrogens is 396 g/mol. The molecule has 1 fully saturated rings. The summed E-state index contributed by atoms with van der Waals surface area (Å²) in [7, 11) is 0. The summed E-state index contributed by atoms with van der Waals surface area (Å²) >= 11 is 3.58. The molecule has 0 N–H and O–H groups in total. The van der Waals surface area contributed by atoms with E-state index in [1.165, 1.54) is 16.7 Å². The molecule has 3 aromatic rings. The molecule has 1 aliphatic rings. The van der Waals surface area contributed by atoms with Crippen LogP contribution in [0.5, 0.6) is 0 Å². The van der Waals surface area contributed by atoms with Crippen molar-refractivity contribution in [3.8, 4) is 0 Å². The Hall–Kier alpha value is -1.94. The molecule has 4 rings (SSSR count). The van der Waals surface area contributed by atoms with Crippen LogP contribution in [0.2, 0.25) is 0 Å². The van der Waals surface area contributed by atoms with Gasteiger partial charge in [0.1, 0.15) is 0 Å². The van der Waals surface area contributed by atoms with Crippen molar-refractivity contribution in [1.29, 1.82) is 0 Å². The Kier molecular flexibility index (Phi) is 6.03. The zero-order chi connectivity index (χ0) is 18.5. The maximum atomic E-state index is 3.58. The molecule has 0 saturated carbocycles. The smallest absolute Gasteiger partial charge is 0.0602 e. The quantitative estimate of drug-likeness (QED) is 0.548. The van der Waals surface area contributed by atoms with E-state index in [4.69, 9.17) is 0 Å². The van der Waals surface area contributed by atoms with Gasteiger partial charge in [-0.1, -0.05) is 88.7 Å². The highest BCUT2D eigenvalue weighted by Gasteiger charge is 2.26. The van der Waals surface area contributed by atoms with Gasteiger partial charge in [0.05, 0.1) is 6.04 Å². The van der Waals surface area contributed by atoms with Crippen LogP contribution in [-0.4, -0.2) is 36.0 Å². The summed E-state index contributed by atoms with van der Waals surface area (Å²) < 4.78 is 1.16. The molecule has 1 heterocycles. The van der Waals surface area contributed by atoms with Gasteiger partial charge >= 0.3 is 0 Å². The number of rotatable bonds is 5. The predicted molar refractivity (Wildman–Crippen MR) is 116 cm³/mol. The fraction of sp³-hybridized carbons (Fsp3) is 0.250. The van der Waals surface area contributed by atoms with Crippen LogP contribution < -0.4 is 0 Å². The third-order valence-electron chi connectivity index (χ3n) is 5.30. The molecular formula is C24H25BrN2. The van der Waals surface area contributed by atoms with Crippen molar-refractivity contribution in [3.63, 3.8) is 0 Å². The van der Waals surface area contributed by atoms with E-state index >= 15 is 0 Å². The van der Waals surface area contributed by atoms with Crippen LogP contribution >= 0.6 is 15.9 Å². The van der Waals surface area contributed by atoms with Gasteiger partial charge in [0, 0.05) is 37.2 Å². The molecule has 1 aliphatic heterocycles. The molecule has 0 bridgehead atoms. The lowest BCUT2D eigenvalue weighted by Crippen LogP contribution is -2.47. The van der Waals surface area contributed by atoms with Gasteiger partial charge < -0.3 is 0 Å². The van der Waals surface area contributed by atoms with Crippen LogP contribution in [0.4, 0.5) is 0 Å². The van der Waals surface area contributed by atoms with Gasteiger partial charge in [-0.05, 0) is 28.8 Å². The second kappa shape index (κ2) is 8.83. The van der Waals surface area contributed by atoms with E-state index in [0.717, 1.165) is 37.2 Å². The second-order valence-corrected chi connectivity index (χ2v) is 8.08. The van der Waals surface area contributed by atoms with Crippen LogP contribution in [0, 0.1) is 0 Å². The molecule has 1 saturated heterocycles. The Balaban J connectivity index is 1.47. The molecule has 0 radical (unpaired) electrons. The monoisotopic (exact) mass is 420 g/mol. The molecule has 138 valence electrons. The van der Waals surface area contributed by atoms with E-state index in [-0.39, 0.29) is 0 Å². The second-order valence-electron chi connectivity index (χ2n) is 7.17. The average Bonchev–Trinajstić information content (AvgIpc) is 2.71. The predicted octanol–water partition coefficient (Wildman–Crippen LogP) is 5.36. The maximum absolute atomic E-state index is 3.58. The summed E-state index contributed by atoms with van der Waals surface area (Å²) in [4.78, 5) is 5.19. The van der Waals surface area contributed by atoms with E-state index in [0.29, 0.717) is 6.04 Å². The molecule has 27 heavy (non-hydrogen) atoms. The summed E-state index contributed by atoms with van der Waals surface area (Å²) in [5.41, 5.74) is 4.13. The van der Waals surface area contributed by atoms with Gasteiger partial charge in [0.25, 0.3) is 0 Å². The summed E-state index contributed by atoms with van der Waals surface area (Å²) in [5.74, 6) is 0. The third-order valence-corrected chi connectivity index (χ3v) is 5.79. The molecule has 3 aromatic carbocycles. The first kappa shape index (κ1) is 18.4. The number of benzene rings is 3. The Morgan fingerprint density at radius 1 is 0.704 bits per heavy atom. The minimum absolute atomic E-state index is 0.334. The lowest BCUT2D eigenvalue weighted by atomic mass is 9.96. The molecule has 0 aromatic heterocycles. The zero-order valence-corrected chi connectivity index (χ0v) is 17.1. The number of hydrogen-bond acceptors (Lipinski definition) is 2. The zero-order valence-electron chi connectivity index (χ0n) is 15.5. The maximum Gasteiger partial charge on any atom is 0.0602 e. The molecule has 0 spiro atoms. The molecule has 0 amide bonds. The van der Waals surface area contributed by atoms with E-state index in [9.17, 15) is 0 Å². The van der Waals surface area contributed by atoms with Crippen molar-refractivity contribution in [3.05, 3.63) is 106 Å². The number of halogens is 1. The molecule has 0 aliphatic carbocycles. The van der Waals surface area contributed by atoms with Gasteiger partial charge in [0.2, 0.25) is 0 Å². The first-order valence-electron chi connectivity index (χ1n) is 9.60. The van der Waals surface area contributed by atoms with Crippen molar-refractivity contribution >= 4 is 15.9 Å². The van der Waals surface area contributed by atoms with E-state index in [2.05, 4.69) is 111 Å². The number of piperazine rings is 1. The Morgan fingerprint density at radius 2 is 1.30 bits per heavy atom. The summed E-state index contributed by atoms with van der Waals surface area (Å²) in [5, 5.41) is 0. The highest BCUT2D eigenvalue weighted by Crippen LogP contribution is 2.29. The fourth-order valence-corrected chi connectivity index (χ4v) is 4.40. The van der Waals surface area contributed by atoms with Crippen molar-refractivity contribution in [2.24, 2.45) is 0 Å². The summed E-state index contributed by atoms with van der Waals surface area (Å²) in [6, 6.07) is 30.8. The molecule has 3 heteroatoms. The lowest BCUT2D eigenvalue weighted by Gasteiger charge is -2.40. The Labute approximate surface area is 170 Å². The summed E-state index contributed by atoms with van der Waals surface area (Å²) in [6.07, 6.45) is 0. The third kappa shape index (κ3) is 4.67. The number of hydrogen-bond donors (Lipinski definition) is 0. The van der Waals surface area contributed by atoms with Crippen LogP contribution in [0.3, 0.4) is 0 Å². The molecule has 2 nitrogen and oxygen atoms in total. The first-order chi connectivity index (χ1) is 13.3. The molecule has 0 atom stereocenters. The van der Waals surface area contributed by atoms with Gasteiger partial charge in [-0.3, -0.25) is 9.80 Å². The van der Waals surface area contributed by atoms with Crippen LogP contribution in [0.15, 0.2) is 89.4 Å². The minimum Gasteiger partial charge on any atom is -0.297 e. The first-order valence-corrected chi connectivity index (χ1v) is 10.4. The summed E-state index contributed by atoms with van der Waals surface area (Å²) in [6.45, 7) is 5.39. The average molecular weight is 421 g/mol. The SMILES string of the molecule is Brc1cccc(CN2CCN(C(c3ccccc3)c3ccccc3)CC2)c1. The van der Waals surface area contributed by atoms with E-state index < -0.39 is 0 Å². The lowest BCUT2D eigenvalue weighted by molar-refractivity contribution is 0.105. The van der Waals surface area contributed by atoms with Crippen LogP contribution in [0.25, 0.3) is 0 Å². The standard InChI is InChI=1S/C24H25BrN2/c25-23-13-7-8-20(18-23)19-26-14-16-27(17-15-26)24(21-9-3-1-4-10-21)22-11-5-2-6-12-22/h1-13,18,24H,14-17,19H2. The van der Waals surface area contributed by atoms with Gasteiger partial charge in [-0.25, -0.2) is 0 Å². The Morgan fingerprint density at radius 3 is 1.85 bits per heavy atom. The normalized spacial score (nSPS) is 15.9. The van der Waals surface area contributed by atoms with Crippen LogP contribution in [-0.2, 0) is 6.54 Å². The minimum atomic E-state index is 0.334. The van der Waals surface area contributed by atoms with Crippen molar-refractivity contribution in [1.82, 2.24) is 9.80 Å². The van der Waals surface area contributed by atoms with Gasteiger partial charge in [0.15, 0.2) is 0 Å². The Bertz CT molecular complexity index is 803. The highest BCUT2D eigenvalue weighted by atomic mass is 79.9. The van der Waals surface area contributed by atoms with E-state index in [1.807, 2.05) is 0 Å². The van der Waals surface area contributed by atoms with E-state index in [1.54, 1.807) is 0 Å². The topological polar surface area (TPSA) is 6.48 Å². The largest absolute Gasteiger partial charge is 0.297 e. The fourth-order valence-electron chi connectivity index (χ4n) is 3.96. The highest BCUT2D eigenvalue weighted by molar-refractivity contribution is 9.10. The van der Waals surface area contributed by atoms with Gasteiger partial charge in [-0.2, -0.15) is 0 Å². The van der Waals surface area contributed by atoms with Crippen molar-refractivity contribution < 1.29 is 0 Å². The number of nitrogens with zero attached hydrogens (tertiary/aromatic N) is 2.